The molecule has 0 aromatic heterocycles. The maximum absolute atomic E-state index is 11.4. The van der Waals surface area contributed by atoms with Crippen LogP contribution in [0, 0.1) is 0 Å². The standard InChI is InChI=1S/C30H57NO16/c1-2-3-30(35)47-25-24-45-23-22-44-21-20-43-19-18-42-17-16-41-15-14-40-13-12-39-11-10-38-9-8-37-7-6-36-5-4-31-28(32)26-46-27-29(33)34/h2-27H2,1H3,(H,31,32)(H,33,34). The number of carbonyl (C=O) groups excluding carboxylic acids is 2. The number of carboxylic acid groups (broad SMARTS) is 1. The number of nitrogens with one attached hydrogen (secondary N) is 1. The molecule has 0 rings (SSSR count). The van der Waals surface area contributed by atoms with Crippen molar-refractivity contribution in [3.63, 3.8) is 0 Å². The first-order valence-corrected chi connectivity index (χ1v) is 16.1. The summed E-state index contributed by atoms with van der Waals surface area (Å²) in [5.74, 6) is -1.72. The normalized spacial score (nSPS) is 11.2. The first-order valence-electron chi connectivity index (χ1n) is 16.1. The van der Waals surface area contributed by atoms with Crippen LogP contribution in [0.5, 0.6) is 0 Å². The Morgan fingerprint density at radius 1 is 0.447 bits per heavy atom. The van der Waals surface area contributed by atoms with Gasteiger partial charge < -0.3 is 67.3 Å². The number of hydrogen-bond donors (Lipinski definition) is 2. The molecule has 0 aliphatic carbocycles. The van der Waals surface area contributed by atoms with Crippen molar-refractivity contribution in [3.05, 3.63) is 0 Å². The van der Waals surface area contributed by atoms with Crippen LogP contribution in [0.3, 0.4) is 0 Å². The molecule has 47 heavy (non-hydrogen) atoms. The molecule has 17 heteroatoms. The Balaban J connectivity index is 3.11. The fourth-order valence-corrected chi connectivity index (χ4v) is 3.12. The van der Waals surface area contributed by atoms with E-state index in [0.29, 0.717) is 145 Å². The van der Waals surface area contributed by atoms with E-state index in [4.69, 9.17) is 57.2 Å². The van der Waals surface area contributed by atoms with Crippen LogP contribution in [0.2, 0.25) is 0 Å². The second-order valence-electron chi connectivity index (χ2n) is 9.33. The second-order valence-corrected chi connectivity index (χ2v) is 9.33. The van der Waals surface area contributed by atoms with Crippen molar-refractivity contribution in [2.75, 3.05) is 159 Å². The summed E-state index contributed by atoms with van der Waals surface area (Å²) >= 11 is 0. The third-order valence-electron chi connectivity index (χ3n) is 5.32. The highest BCUT2D eigenvalue weighted by Gasteiger charge is 2.03. The number of esters is 1. The number of aliphatic carboxylic acids is 1. The van der Waals surface area contributed by atoms with Crippen LogP contribution in [0.1, 0.15) is 19.8 Å². The molecule has 0 fully saturated rings. The Morgan fingerprint density at radius 2 is 0.766 bits per heavy atom. The van der Waals surface area contributed by atoms with Crippen molar-refractivity contribution >= 4 is 17.8 Å². The molecule has 0 spiro atoms. The molecule has 0 saturated heterocycles. The van der Waals surface area contributed by atoms with E-state index in [2.05, 4.69) is 10.1 Å². The minimum Gasteiger partial charge on any atom is -0.480 e. The van der Waals surface area contributed by atoms with Gasteiger partial charge in [-0.2, -0.15) is 0 Å². The van der Waals surface area contributed by atoms with Gasteiger partial charge in [0.05, 0.1) is 132 Å². The molecule has 1 amide bonds. The van der Waals surface area contributed by atoms with Gasteiger partial charge in [0.2, 0.25) is 5.91 Å². The smallest absolute Gasteiger partial charge is 0.329 e. The molecule has 278 valence electrons. The van der Waals surface area contributed by atoms with Gasteiger partial charge in [-0.15, -0.1) is 0 Å². The summed E-state index contributed by atoms with van der Waals surface area (Å²) in [5, 5.41) is 11.0. The predicted molar refractivity (Wildman–Crippen MR) is 166 cm³/mol. The number of ether oxygens (including phenoxy) is 12. The molecule has 0 unspecified atom stereocenters. The fraction of sp³-hybridized carbons (Fsp3) is 0.900. The van der Waals surface area contributed by atoms with Gasteiger partial charge in [-0.25, -0.2) is 4.79 Å². The first-order chi connectivity index (χ1) is 23.1. The van der Waals surface area contributed by atoms with Crippen LogP contribution in [-0.2, 0) is 71.2 Å². The van der Waals surface area contributed by atoms with Crippen molar-refractivity contribution in [3.8, 4) is 0 Å². The topological polar surface area (TPSA) is 194 Å². The summed E-state index contributed by atoms with van der Waals surface area (Å²) in [5.41, 5.74) is 0. The summed E-state index contributed by atoms with van der Waals surface area (Å²) in [6.45, 7) is 10.5. The molecule has 0 aromatic carbocycles. The molecule has 0 aliphatic rings. The lowest BCUT2D eigenvalue weighted by atomic mass is 10.3. The highest BCUT2D eigenvalue weighted by atomic mass is 16.6. The third kappa shape index (κ3) is 40.1. The van der Waals surface area contributed by atoms with Gasteiger partial charge in [0.25, 0.3) is 0 Å². The van der Waals surface area contributed by atoms with Crippen molar-refractivity contribution in [1.29, 1.82) is 0 Å². The monoisotopic (exact) mass is 687 g/mol. The largest absolute Gasteiger partial charge is 0.480 e. The van der Waals surface area contributed by atoms with Gasteiger partial charge in [0.15, 0.2) is 0 Å². The van der Waals surface area contributed by atoms with E-state index in [0.717, 1.165) is 6.42 Å². The van der Waals surface area contributed by atoms with Crippen molar-refractivity contribution < 1.29 is 76.3 Å². The van der Waals surface area contributed by atoms with Gasteiger partial charge in [-0.05, 0) is 6.42 Å². The number of amides is 1. The Labute approximate surface area is 278 Å². The third-order valence-corrected chi connectivity index (χ3v) is 5.32. The number of rotatable bonds is 39. The van der Waals surface area contributed by atoms with E-state index in [1.807, 2.05) is 6.92 Å². The summed E-state index contributed by atoms with van der Waals surface area (Å²) < 4.78 is 63.7. The molecule has 0 bridgehead atoms. The summed E-state index contributed by atoms with van der Waals surface area (Å²) in [6.07, 6.45) is 1.21. The summed E-state index contributed by atoms with van der Waals surface area (Å²) in [7, 11) is 0. The Kier molecular flexibility index (Phi) is 36.8. The minimum atomic E-state index is -1.13. The summed E-state index contributed by atoms with van der Waals surface area (Å²) in [4.78, 5) is 32.8. The zero-order chi connectivity index (χ0) is 34.3. The van der Waals surface area contributed by atoms with E-state index in [9.17, 15) is 14.4 Å². The van der Waals surface area contributed by atoms with Gasteiger partial charge in [-0.3, -0.25) is 9.59 Å². The lowest BCUT2D eigenvalue weighted by molar-refractivity contribution is -0.145. The van der Waals surface area contributed by atoms with Crippen molar-refractivity contribution in [2.24, 2.45) is 0 Å². The van der Waals surface area contributed by atoms with Crippen LogP contribution in [-0.4, -0.2) is 181 Å². The number of carbonyl (C=O) groups is 3. The molecular formula is C30H57NO16. The highest BCUT2D eigenvalue weighted by molar-refractivity contribution is 5.77. The average Bonchev–Trinajstić information content (AvgIpc) is 3.05. The predicted octanol–water partition coefficient (Wildman–Crippen LogP) is -0.287. The van der Waals surface area contributed by atoms with Crippen LogP contribution in [0.25, 0.3) is 0 Å². The lowest BCUT2D eigenvalue weighted by Gasteiger charge is -2.09. The first kappa shape index (κ1) is 45.0. The molecule has 2 N–H and O–H groups in total. The average molecular weight is 688 g/mol. The maximum Gasteiger partial charge on any atom is 0.329 e. The van der Waals surface area contributed by atoms with E-state index in [-0.39, 0.29) is 19.2 Å². The molecule has 17 nitrogen and oxygen atoms in total. The van der Waals surface area contributed by atoms with Crippen LogP contribution >= 0.6 is 0 Å². The second kappa shape index (κ2) is 38.4. The molecule has 0 saturated carbocycles. The quantitative estimate of drug-likeness (QED) is 0.0632. The van der Waals surface area contributed by atoms with E-state index in [1.54, 1.807) is 0 Å². The molecule has 0 aliphatic heterocycles. The van der Waals surface area contributed by atoms with Crippen molar-refractivity contribution in [2.45, 2.75) is 19.8 Å². The van der Waals surface area contributed by atoms with Crippen LogP contribution < -0.4 is 5.32 Å². The summed E-state index contributed by atoms with van der Waals surface area (Å²) in [6, 6.07) is 0. The van der Waals surface area contributed by atoms with Crippen LogP contribution in [0.15, 0.2) is 0 Å². The maximum atomic E-state index is 11.4. The molecule has 0 radical (unpaired) electrons. The molecule has 0 aromatic rings. The zero-order valence-electron chi connectivity index (χ0n) is 28.0. The Hall–Kier alpha value is -2.03. The van der Waals surface area contributed by atoms with Crippen LogP contribution in [0.4, 0.5) is 0 Å². The van der Waals surface area contributed by atoms with Gasteiger partial charge in [-0.1, -0.05) is 6.92 Å². The number of carboxylic acids is 1. The minimum absolute atomic E-state index is 0.197. The number of hydrogen-bond acceptors (Lipinski definition) is 15. The molecule has 0 atom stereocenters. The lowest BCUT2D eigenvalue weighted by Crippen LogP contribution is -2.31. The fourth-order valence-electron chi connectivity index (χ4n) is 3.12. The SMILES string of the molecule is CCCC(=O)OCCOCCOCCOCCOCCOCCOCCOCCOCCOCCOCCNC(=O)COCC(=O)O. The highest BCUT2D eigenvalue weighted by Crippen LogP contribution is 1.91. The zero-order valence-corrected chi connectivity index (χ0v) is 28.0. The van der Waals surface area contributed by atoms with Gasteiger partial charge in [0.1, 0.15) is 19.8 Å². The van der Waals surface area contributed by atoms with Gasteiger partial charge in [0, 0.05) is 13.0 Å². The molecule has 0 heterocycles. The Bertz CT molecular complexity index is 703. The Morgan fingerprint density at radius 3 is 1.09 bits per heavy atom. The van der Waals surface area contributed by atoms with E-state index < -0.39 is 18.5 Å². The van der Waals surface area contributed by atoms with Gasteiger partial charge >= 0.3 is 11.9 Å². The van der Waals surface area contributed by atoms with E-state index >= 15 is 0 Å². The van der Waals surface area contributed by atoms with E-state index in [1.165, 1.54) is 0 Å². The van der Waals surface area contributed by atoms with Crippen molar-refractivity contribution in [1.82, 2.24) is 5.32 Å². The molecular weight excluding hydrogens is 630 g/mol.